The fourth-order valence-corrected chi connectivity index (χ4v) is 0.898. The molecule has 0 aromatic carbocycles. The van der Waals surface area contributed by atoms with Gasteiger partial charge in [-0.15, -0.1) is 0 Å². The number of aliphatic hydroxyl groups is 3. The van der Waals surface area contributed by atoms with E-state index < -0.39 is 24.7 Å². The van der Waals surface area contributed by atoms with Crippen LogP contribution in [0.4, 0.5) is 0 Å². The van der Waals surface area contributed by atoms with Crippen LogP contribution in [0.2, 0.25) is 0 Å². The quantitative estimate of drug-likeness (QED) is 0.334. The van der Waals surface area contributed by atoms with Crippen LogP contribution in [0.3, 0.4) is 0 Å². The van der Waals surface area contributed by atoms with Gasteiger partial charge < -0.3 is 20.1 Å². The summed E-state index contributed by atoms with van der Waals surface area (Å²) in [7, 11) is 1.57. The molecule has 0 aromatic heterocycles. The van der Waals surface area contributed by atoms with Gasteiger partial charge in [-0.05, 0) is 7.05 Å². The second-order valence-electron chi connectivity index (χ2n) is 2.22. The van der Waals surface area contributed by atoms with Crippen LogP contribution in [0.15, 0.2) is 0 Å². The number of hydrogen-bond donors (Lipinski definition) is 4. The summed E-state index contributed by atoms with van der Waals surface area (Å²) in [6.07, 6.45) is -4.23. The minimum Gasteiger partial charge on any atom is -0.386 e. The molecule has 0 aromatic rings. The molecule has 0 bridgehead atoms. The van der Waals surface area contributed by atoms with E-state index in [1.165, 1.54) is 0 Å². The van der Waals surface area contributed by atoms with Crippen molar-refractivity contribution in [3.8, 4) is 0 Å². The first-order chi connectivity index (χ1) is 4.66. The predicted octanol–water partition coefficient (Wildman–Crippen LogP) is -2.40. The van der Waals surface area contributed by atoms with Gasteiger partial charge in [0.25, 0.3) is 0 Å². The molecule has 0 aliphatic carbocycles. The molecule has 1 aliphatic heterocycles. The van der Waals surface area contributed by atoms with Crippen LogP contribution in [-0.2, 0) is 4.74 Å². The molecule has 60 valence electrons. The Morgan fingerprint density at radius 1 is 1.20 bits per heavy atom. The normalized spacial score (nSPS) is 48.0. The van der Waals surface area contributed by atoms with Crippen LogP contribution in [0.1, 0.15) is 0 Å². The first-order valence-electron chi connectivity index (χ1n) is 3.03. The fraction of sp³-hybridized carbons (Fsp3) is 1.00. The Kier molecular flexibility index (Phi) is 2.22. The van der Waals surface area contributed by atoms with Crippen LogP contribution >= 0.6 is 0 Å². The topological polar surface area (TPSA) is 82.0 Å². The van der Waals surface area contributed by atoms with E-state index in [-0.39, 0.29) is 0 Å². The number of hydrogen-bond acceptors (Lipinski definition) is 5. The molecule has 4 atom stereocenters. The largest absolute Gasteiger partial charge is 0.386 e. The maximum Gasteiger partial charge on any atom is 0.185 e. The van der Waals surface area contributed by atoms with Crippen molar-refractivity contribution in [3.05, 3.63) is 0 Å². The van der Waals surface area contributed by atoms with Crippen LogP contribution in [0.5, 0.6) is 0 Å². The molecule has 1 fully saturated rings. The summed E-state index contributed by atoms with van der Waals surface area (Å²) in [4.78, 5) is 0. The highest BCUT2D eigenvalue weighted by Crippen LogP contribution is 2.16. The number of rotatable bonds is 1. The second kappa shape index (κ2) is 2.81. The summed E-state index contributed by atoms with van der Waals surface area (Å²) >= 11 is 0. The highest BCUT2D eigenvalue weighted by molar-refractivity contribution is 4.83. The van der Waals surface area contributed by atoms with Gasteiger partial charge in [-0.1, -0.05) is 0 Å². The minimum absolute atomic E-state index is 0.676. The van der Waals surface area contributed by atoms with Gasteiger partial charge in [0.05, 0.1) is 0 Å². The monoisotopic (exact) mass is 149 g/mol. The Morgan fingerprint density at radius 2 is 1.80 bits per heavy atom. The van der Waals surface area contributed by atoms with Gasteiger partial charge in [0.2, 0.25) is 0 Å². The van der Waals surface area contributed by atoms with Crippen molar-refractivity contribution in [2.24, 2.45) is 0 Å². The SMILES string of the molecule is CNC1OC(O)C(O)[C@@H]1O. The third kappa shape index (κ3) is 1.14. The van der Waals surface area contributed by atoms with Gasteiger partial charge in [0.1, 0.15) is 18.4 Å². The van der Waals surface area contributed by atoms with Gasteiger partial charge in [-0.25, -0.2) is 0 Å². The van der Waals surface area contributed by atoms with Gasteiger partial charge >= 0.3 is 0 Å². The summed E-state index contributed by atoms with van der Waals surface area (Å²) in [6, 6.07) is 0. The third-order valence-corrected chi connectivity index (χ3v) is 1.52. The van der Waals surface area contributed by atoms with Crippen molar-refractivity contribution in [1.29, 1.82) is 0 Å². The number of likely N-dealkylation sites (N-methyl/N-ethyl adjacent to an activating group) is 1. The minimum atomic E-state index is -1.28. The molecule has 3 unspecified atom stereocenters. The van der Waals surface area contributed by atoms with Crippen LogP contribution in [-0.4, -0.2) is 47.1 Å². The van der Waals surface area contributed by atoms with Gasteiger partial charge in [0, 0.05) is 0 Å². The number of nitrogens with one attached hydrogen (secondary N) is 1. The molecule has 0 amide bonds. The van der Waals surface area contributed by atoms with Gasteiger partial charge in [0.15, 0.2) is 6.29 Å². The van der Waals surface area contributed by atoms with Crippen LogP contribution < -0.4 is 5.32 Å². The predicted molar refractivity (Wildman–Crippen MR) is 32.0 cm³/mol. The molecular formula is C5H11NO4. The molecular weight excluding hydrogens is 138 g/mol. The second-order valence-corrected chi connectivity index (χ2v) is 2.22. The van der Waals surface area contributed by atoms with Crippen molar-refractivity contribution < 1.29 is 20.1 Å². The number of aliphatic hydroxyl groups excluding tert-OH is 3. The lowest BCUT2D eigenvalue weighted by molar-refractivity contribution is -0.130. The lowest BCUT2D eigenvalue weighted by atomic mass is 10.2. The summed E-state index contributed by atoms with van der Waals surface area (Å²) in [6.45, 7) is 0. The van der Waals surface area contributed by atoms with E-state index >= 15 is 0 Å². The average Bonchev–Trinajstić information content (AvgIpc) is 2.17. The Labute approximate surface area is 58.2 Å². The molecule has 0 saturated carbocycles. The van der Waals surface area contributed by atoms with E-state index in [9.17, 15) is 0 Å². The van der Waals surface area contributed by atoms with E-state index in [4.69, 9.17) is 15.3 Å². The van der Waals surface area contributed by atoms with Crippen molar-refractivity contribution in [2.75, 3.05) is 7.05 Å². The number of ether oxygens (including phenoxy) is 1. The lowest BCUT2D eigenvalue weighted by Crippen LogP contribution is -2.38. The Hall–Kier alpha value is -0.200. The Balaban J connectivity index is 2.53. The molecule has 1 saturated heterocycles. The van der Waals surface area contributed by atoms with E-state index in [2.05, 4.69) is 10.1 Å². The summed E-state index contributed by atoms with van der Waals surface area (Å²) in [5, 5.41) is 29.3. The molecule has 0 radical (unpaired) electrons. The molecule has 10 heavy (non-hydrogen) atoms. The van der Waals surface area contributed by atoms with Gasteiger partial charge in [-0.3, -0.25) is 5.32 Å². The molecule has 1 heterocycles. The molecule has 5 heteroatoms. The molecule has 1 aliphatic rings. The zero-order valence-corrected chi connectivity index (χ0v) is 5.56. The van der Waals surface area contributed by atoms with E-state index in [0.29, 0.717) is 0 Å². The zero-order chi connectivity index (χ0) is 7.72. The summed E-state index contributed by atoms with van der Waals surface area (Å²) < 4.78 is 4.68. The van der Waals surface area contributed by atoms with Crippen LogP contribution in [0.25, 0.3) is 0 Å². The van der Waals surface area contributed by atoms with E-state index in [0.717, 1.165) is 0 Å². The van der Waals surface area contributed by atoms with Crippen molar-refractivity contribution in [1.82, 2.24) is 5.32 Å². The average molecular weight is 149 g/mol. The summed E-state index contributed by atoms with van der Waals surface area (Å²) in [5.74, 6) is 0. The van der Waals surface area contributed by atoms with Crippen molar-refractivity contribution in [2.45, 2.75) is 24.7 Å². The first kappa shape index (κ1) is 7.90. The Morgan fingerprint density at radius 3 is 2.00 bits per heavy atom. The van der Waals surface area contributed by atoms with Crippen molar-refractivity contribution >= 4 is 0 Å². The zero-order valence-electron chi connectivity index (χ0n) is 5.56. The molecule has 5 nitrogen and oxygen atoms in total. The standard InChI is InChI=1S/C5H11NO4/c1-6-4-2(7)3(8)5(9)10-4/h2-9H,1H3/t2-,3?,4?,5?/m0/s1. The van der Waals surface area contributed by atoms with E-state index in [1.54, 1.807) is 7.05 Å². The fourth-order valence-electron chi connectivity index (χ4n) is 0.898. The van der Waals surface area contributed by atoms with E-state index in [1.807, 2.05) is 0 Å². The summed E-state index contributed by atoms with van der Waals surface area (Å²) in [5.41, 5.74) is 0. The van der Waals surface area contributed by atoms with Crippen LogP contribution in [0, 0.1) is 0 Å². The maximum absolute atomic E-state index is 9.03. The third-order valence-electron chi connectivity index (χ3n) is 1.52. The molecule has 4 N–H and O–H groups in total. The maximum atomic E-state index is 9.03. The smallest absolute Gasteiger partial charge is 0.185 e. The lowest BCUT2D eigenvalue weighted by Gasteiger charge is -2.11. The van der Waals surface area contributed by atoms with Gasteiger partial charge in [-0.2, -0.15) is 0 Å². The molecule has 1 rings (SSSR count). The first-order valence-corrected chi connectivity index (χ1v) is 3.03. The van der Waals surface area contributed by atoms with Crippen molar-refractivity contribution in [3.63, 3.8) is 0 Å². The molecule has 0 spiro atoms. The Bertz CT molecular complexity index is 120. The highest BCUT2D eigenvalue weighted by Gasteiger charge is 2.40. The highest BCUT2D eigenvalue weighted by atomic mass is 16.7.